The molecule has 16 heavy (non-hydrogen) atoms. The number of anilines is 1. The van der Waals surface area contributed by atoms with Gasteiger partial charge in [0, 0.05) is 27.9 Å². The van der Waals surface area contributed by atoms with Crippen LogP contribution in [-0.4, -0.2) is 4.98 Å². The van der Waals surface area contributed by atoms with E-state index < -0.39 is 0 Å². The van der Waals surface area contributed by atoms with E-state index in [1.165, 1.54) is 0 Å². The highest BCUT2D eigenvalue weighted by atomic mass is 14.7. The van der Waals surface area contributed by atoms with Crippen molar-refractivity contribution in [1.82, 2.24) is 4.98 Å². The highest BCUT2D eigenvalue weighted by Gasteiger charge is 2.08. The summed E-state index contributed by atoms with van der Waals surface area (Å²) in [6.07, 6.45) is 1.87. The Hall–Kier alpha value is -2.29. The van der Waals surface area contributed by atoms with E-state index in [2.05, 4.69) is 4.98 Å². The van der Waals surface area contributed by atoms with Crippen LogP contribution in [0.2, 0.25) is 0 Å². The molecule has 1 aliphatic heterocycles. The number of rotatable bonds is 0. The van der Waals surface area contributed by atoms with Gasteiger partial charge in [-0.25, -0.2) is 0 Å². The second kappa shape index (κ2) is 3.10. The van der Waals surface area contributed by atoms with Crippen molar-refractivity contribution in [3.63, 3.8) is 0 Å². The summed E-state index contributed by atoms with van der Waals surface area (Å²) in [5, 5.41) is 12.4. The molecule has 0 saturated carbocycles. The second-order valence-corrected chi connectivity index (χ2v) is 3.80. The van der Waals surface area contributed by atoms with E-state index >= 15 is 0 Å². The highest BCUT2D eigenvalue weighted by Crippen LogP contribution is 2.23. The molecule has 1 heterocycles. The standard InChI is InChI=1S/C13H11N3/c14-9-5-3-6-10(15)12-11(9)8-4-1-2-7-16-13(8)12/h1-7,15-16H,14H2. The molecule has 2 aliphatic rings. The van der Waals surface area contributed by atoms with Crippen LogP contribution in [0, 0.1) is 16.0 Å². The first kappa shape index (κ1) is 8.97. The van der Waals surface area contributed by atoms with Crippen LogP contribution in [0.15, 0.2) is 42.6 Å². The Labute approximate surface area is 91.7 Å². The summed E-state index contributed by atoms with van der Waals surface area (Å²) in [5.74, 6) is 0. The summed E-state index contributed by atoms with van der Waals surface area (Å²) in [6.45, 7) is 0. The van der Waals surface area contributed by atoms with Gasteiger partial charge in [-0.15, -0.1) is 0 Å². The molecule has 4 N–H and O–H groups in total. The van der Waals surface area contributed by atoms with E-state index in [1.807, 2.05) is 36.5 Å². The van der Waals surface area contributed by atoms with Gasteiger partial charge in [-0.05, 0) is 18.2 Å². The third kappa shape index (κ3) is 1.05. The first-order chi connectivity index (χ1) is 7.79. The third-order valence-electron chi connectivity index (χ3n) is 2.83. The number of nitrogens with one attached hydrogen (secondary N) is 2. The predicted octanol–water partition coefficient (Wildman–Crippen LogP) is 1.95. The van der Waals surface area contributed by atoms with Gasteiger partial charge in [-0.2, -0.15) is 0 Å². The van der Waals surface area contributed by atoms with Crippen molar-refractivity contribution in [3.8, 4) is 0 Å². The molecule has 0 spiro atoms. The molecule has 3 heteroatoms. The molecule has 1 aromatic rings. The fraction of sp³-hybridized carbons (Fsp3) is 0. The Bertz CT molecular complexity index is 786. The summed E-state index contributed by atoms with van der Waals surface area (Å²) in [5.41, 5.74) is 6.70. The molecule has 1 aromatic carbocycles. The average molecular weight is 209 g/mol. The minimum Gasteiger partial charge on any atom is -0.398 e. The van der Waals surface area contributed by atoms with Gasteiger partial charge >= 0.3 is 0 Å². The van der Waals surface area contributed by atoms with Crippen LogP contribution in [0.5, 0.6) is 0 Å². The van der Waals surface area contributed by atoms with Crippen molar-refractivity contribution >= 4 is 16.5 Å². The first-order valence-electron chi connectivity index (χ1n) is 5.11. The van der Waals surface area contributed by atoms with Crippen LogP contribution in [0.1, 0.15) is 0 Å². The van der Waals surface area contributed by atoms with E-state index in [9.17, 15) is 0 Å². The zero-order valence-corrected chi connectivity index (χ0v) is 8.62. The Morgan fingerprint density at radius 2 is 1.88 bits per heavy atom. The lowest BCUT2D eigenvalue weighted by Crippen LogP contribution is -2.03. The van der Waals surface area contributed by atoms with Crippen molar-refractivity contribution in [1.29, 1.82) is 5.41 Å². The molecule has 0 unspecified atom stereocenters. The number of nitrogens with two attached hydrogens (primary N) is 1. The van der Waals surface area contributed by atoms with Crippen molar-refractivity contribution < 1.29 is 0 Å². The van der Waals surface area contributed by atoms with Crippen LogP contribution in [0.3, 0.4) is 0 Å². The number of H-pyrrole nitrogens is 1. The lowest BCUT2D eigenvalue weighted by Gasteiger charge is -2.04. The molecule has 0 radical (unpaired) electrons. The number of hydrogen-bond acceptors (Lipinski definition) is 2. The number of hydrogen-bond donors (Lipinski definition) is 3. The Morgan fingerprint density at radius 1 is 1.00 bits per heavy atom. The molecular formula is C13H11N3. The largest absolute Gasteiger partial charge is 0.398 e. The molecule has 78 valence electrons. The first-order valence-corrected chi connectivity index (χ1v) is 5.11. The molecular weight excluding hydrogens is 198 g/mol. The van der Waals surface area contributed by atoms with Gasteiger partial charge in [-0.3, -0.25) is 0 Å². The number of nitrogen functional groups attached to an aromatic ring is 1. The van der Waals surface area contributed by atoms with Crippen molar-refractivity contribution in [2.75, 3.05) is 5.73 Å². The molecule has 0 aromatic heterocycles. The van der Waals surface area contributed by atoms with Gasteiger partial charge < -0.3 is 16.1 Å². The zero-order chi connectivity index (χ0) is 11.1. The second-order valence-electron chi connectivity index (χ2n) is 3.80. The van der Waals surface area contributed by atoms with Crippen LogP contribution in [0.4, 0.5) is 5.69 Å². The molecule has 0 amide bonds. The topological polar surface area (TPSA) is 65.7 Å². The average Bonchev–Trinajstić information content (AvgIpc) is 2.47. The minimum atomic E-state index is 0.502. The van der Waals surface area contributed by atoms with Crippen molar-refractivity contribution in [2.24, 2.45) is 0 Å². The number of fused-ring (bicyclic) bond motifs is 3. The van der Waals surface area contributed by atoms with Gasteiger partial charge in [0.1, 0.15) is 0 Å². The van der Waals surface area contributed by atoms with Crippen molar-refractivity contribution in [2.45, 2.75) is 0 Å². The monoisotopic (exact) mass is 209 g/mol. The van der Waals surface area contributed by atoms with Crippen LogP contribution in [-0.2, 0) is 0 Å². The maximum Gasteiger partial charge on any atom is 0.0640 e. The summed E-state index contributed by atoms with van der Waals surface area (Å²) in [6, 6.07) is 11.3. The highest BCUT2D eigenvalue weighted by molar-refractivity contribution is 5.96. The summed E-state index contributed by atoms with van der Waals surface area (Å²) in [4.78, 5) is 3.18. The zero-order valence-electron chi connectivity index (χ0n) is 8.62. The smallest absolute Gasteiger partial charge is 0.0640 e. The fourth-order valence-electron chi connectivity index (χ4n) is 2.10. The number of aromatic nitrogens is 1. The van der Waals surface area contributed by atoms with Crippen LogP contribution in [0.25, 0.3) is 10.8 Å². The Morgan fingerprint density at radius 3 is 2.75 bits per heavy atom. The summed E-state index contributed by atoms with van der Waals surface area (Å²) in [7, 11) is 0. The van der Waals surface area contributed by atoms with E-state index in [0.717, 1.165) is 27.0 Å². The quantitative estimate of drug-likeness (QED) is 0.520. The molecule has 1 aliphatic carbocycles. The van der Waals surface area contributed by atoms with Crippen LogP contribution >= 0.6 is 0 Å². The van der Waals surface area contributed by atoms with Gasteiger partial charge in [0.2, 0.25) is 0 Å². The summed E-state index contributed by atoms with van der Waals surface area (Å²) < 4.78 is 0. The fourth-order valence-corrected chi connectivity index (χ4v) is 2.10. The maximum atomic E-state index is 7.94. The molecule has 0 atom stereocenters. The summed E-state index contributed by atoms with van der Waals surface area (Å²) >= 11 is 0. The van der Waals surface area contributed by atoms with E-state index in [-0.39, 0.29) is 0 Å². The SMILES string of the molecule is N=c1cccc(N)c2c3cccc[nH]c=3c12. The molecule has 3 rings (SSSR count). The van der Waals surface area contributed by atoms with Gasteiger partial charge in [-0.1, -0.05) is 18.2 Å². The minimum absolute atomic E-state index is 0.502. The van der Waals surface area contributed by atoms with E-state index in [0.29, 0.717) is 5.36 Å². The molecule has 0 saturated heterocycles. The lowest BCUT2D eigenvalue weighted by molar-refractivity contribution is 1.24. The van der Waals surface area contributed by atoms with Gasteiger partial charge in [0.15, 0.2) is 0 Å². The van der Waals surface area contributed by atoms with E-state index in [1.54, 1.807) is 6.07 Å². The molecule has 0 bridgehead atoms. The number of aromatic amines is 1. The van der Waals surface area contributed by atoms with Gasteiger partial charge in [0.25, 0.3) is 0 Å². The lowest BCUT2D eigenvalue weighted by atomic mass is 10.0. The van der Waals surface area contributed by atoms with Gasteiger partial charge in [0.05, 0.1) is 10.7 Å². The molecule has 0 fully saturated rings. The Kier molecular flexibility index (Phi) is 1.74. The third-order valence-corrected chi connectivity index (χ3v) is 2.83. The Balaban J connectivity index is 2.75. The van der Waals surface area contributed by atoms with Crippen LogP contribution < -0.4 is 11.1 Å². The maximum absolute atomic E-state index is 7.94. The normalized spacial score (nSPS) is 11.0. The molecule has 3 nitrogen and oxygen atoms in total. The van der Waals surface area contributed by atoms with E-state index in [4.69, 9.17) is 11.1 Å². The van der Waals surface area contributed by atoms with Crippen molar-refractivity contribution in [3.05, 3.63) is 58.5 Å². The predicted molar refractivity (Wildman–Crippen MR) is 63.9 cm³/mol.